The van der Waals surface area contributed by atoms with E-state index in [0.29, 0.717) is 12.0 Å². The van der Waals surface area contributed by atoms with Gasteiger partial charge in [0.25, 0.3) is 0 Å². The predicted molar refractivity (Wildman–Crippen MR) is 84.0 cm³/mol. The number of nitrogens with zero attached hydrogens (tertiary/aromatic N) is 1. The van der Waals surface area contributed by atoms with Crippen molar-refractivity contribution in [3.8, 4) is 5.75 Å². The molecule has 20 heavy (non-hydrogen) atoms. The van der Waals surface area contributed by atoms with Crippen LogP contribution in [0.5, 0.6) is 5.75 Å². The molecule has 2 atom stereocenters. The van der Waals surface area contributed by atoms with Gasteiger partial charge in [-0.2, -0.15) is 0 Å². The summed E-state index contributed by atoms with van der Waals surface area (Å²) < 4.78 is 5.37. The molecule has 2 unspecified atom stereocenters. The highest BCUT2D eigenvalue weighted by Crippen LogP contribution is 2.31. The molecule has 3 heteroatoms. The molecule has 1 aliphatic heterocycles. The number of likely N-dealkylation sites (tertiary alicyclic amines) is 1. The van der Waals surface area contributed by atoms with Crippen LogP contribution < -0.4 is 10.5 Å². The second kappa shape index (κ2) is 7.09. The first-order valence-electron chi connectivity index (χ1n) is 7.75. The molecule has 0 aliphatic carbocycles. The Morgan fingerprint density at radius 3 is 2.85 bits per heavy atom. The number of hydrogen-bond acceptors (Lipinski definition) is 3. The maximum atomic E-state index is 6.49. The van der Waals surface area contributed by atoms with E-state index in [0.717, 1.165) is 25.3 Å². The lowest BCUT2D eigenvalue weighted by Crippen LogP contribution is -2.41. The second-order valence-electron chi connectivity index (χ2n) is 6.27. The summed E-state index contributed by atoms with van der Waals surface area (Å²) in [6, 6.07) is 8.92. The van der Waals surface area contributed by atoms with E-state index in [9.17, 15) is 0 Å². The molecule has 2 rings (SSSR count). The SMILES string of the molecule is COc1cccc(C2C(N)CCCCN2CC(C)C)c1. The van der Waals surface area contributed by atoms with Crippen molar-refractivity contribution < 1.29 is 4.74 Å². The van der Waals surface area contributed by atoms with Gasteiger partial charge in [0, 0.05) is 12.6 Å². The van der Waals surface area contributed by atoms with Crippen LogP contribution in [0.3, 0.4) is 0 Å². The molecule has 1 fully saturated rings. The molecule has 0 amide bonds. The second-order valence-corrected chi connectivity index (χ2v) is 6.27. The summed E-state index contributed by atoms with van der Waals surface area (Å²) >= 11 is 0. The van der Waals surface area contributed by atoms with Gasteiger partial charge in [-0.05, 0) is 43.0 Å². The van der Waals surface area contributed by atoms with Crippen molar-refractivity contribution in [2.75, 3.05) is 20.2 Å². The van der Waals surface area contributed by atoms with Crippen molar-refractivity contribution in [1.82, 2.24) is 4.90 Å². The first-order chi connectivity index (χ1) is 9.61. The third kappa shape index (κ3) is 3.74. The lowest BCUT2D eigenvalue weighted by Gasteiger charge is -2.35. The minimum Gasteiger partial charge on any atom is -0.497 e. The van der Waals surface area contributed by atoms with Crippen LogP contribution in [0.4, 0.5) is 0 Å². The number of benzene rings is 1. The number of ether oxygens (including phenoxy) is 1. The average molecular weight is 276 g/mol. The van der Waals surface area contributed by atoms with Crippen LogP contribution in [0, 0.1) is 5.92 Å². The average Bonchev–Trinajstić information content (AvgIpc) is 2.60. The minimum atomic E-state index is 0.211. The third-order valence-corrected chi connectivity index (χ3v) is 4.07. The Balaban J connectivity index is 2.29. The Labute approximate surface area is 123 Å². The molecule has 1 aromatic rings. The monoisotopic (exact) mass is 276 g/mol. The fourth-order valence-corrected chi connectivity index (χ4v) is 3.22. The van der Waals surface area contributed by atoms with Crippen molar-refractivity contribution in [3.63, 3.8) is 0 Å². The Hall–Kier alpha value is -1.06. The van der Waals surface area contributed by atoms with Gasteiger partial charge in [-0.3, -0.25) is 4.90 Å². The van der Waals surface area contributed by atoms with E-state index in [1.165, 1.54) is 18.4 Å². The molecule has 0 bridgehead atoms. The van der Waals surface area contributed by atoms with Crippen LogP contribution in [0.1, 0.15) is 44.7 Å². The number of methoxy groups -OCH3 is 1. The number of rotatable bonds is 4. The van der Waals surface area contributed by atoms with Gasteiger partial charge >= 0.3 is 0 Å². The van der Waals surface area contributed by atoms with Gasteiger partial charge in [-0.1, -0.05) is 32.4 Å². The zero-order valence-corrected chi connectivity index (χ0v) is 13.0. The highest BCUT2D eigenvalue weighted by Gasteiger charge is 2.29. The van der Waals surface area contributed by atoms with Crippen LogP contribution in [-0.4, -0.2) is 31.1 Å². The topological polar surface area (TPSA) is 38.5 Å². The standard InChI is InChI=1S/C17H28N2O/c1-13(2)12-19-10-5-4-9-16(18)17(19)14-7-6-8-15(11-14)20-3/h6-8,11,13,16-17H,4-5,9-10,12,18H2,1-3H3. The molecule has 0 saturated carbocycles. The highest BCUT2D eigenvalue weighted by atomic mass is 16.5. The van der Waals surface area contributed by atoms with Gasteiger partial charge in [-0.15, -0.1) is 0 Å². The molecule has 0 spiro atoms. The van der Waals surface area contributed by atoms with Crippen molar-refractivity contribution in [1.29, 1.82) is 0 Å². The summed E-state index contributed by atoms with van der Waals surface area (Å²) in [6.07, 6.45) is 3.59. The molecule has 2 N–H and O–H groups in total. The first kappa shape index (κ1) is 15.3. The zero-order chi connectivity index (χ0) is 14.5. The number of nitrogens with two attached hydrogens (primary N) is 1. The normalized spacial score (nSPS) is 24.6. The van der Waals surface area contributed by atoms with Gasteiger partial charge < -0.3 is 10.5 Å². The lowest BCUT2D eigenvalue weighted by molar-refractivity contribution is 0.165. The molecule has 0 aromatic heterocycles. The fraction of sp³-hybridized carbons (Fsp3) is 0.647. The van der Waals surface area contributed by atoms with Crippen LogP contribution in [0.15, 0.2) is 24.3 Å². The van der Waals surface area contributed by atoms with Gasteiger partial charge in [-0.25, -0.2) is 0 Å². The van der Waals surface area contributed by atoms with Crippen molar-refractivity contribution >= 4 is 0 Å². The van der Waals surface area contributed by atoms with Gasteiger partial charge in [0.1, 0.15) is 5.75 Å². The largest absolute Gasteiger partial charge is 0.497 e. The molecule has 1 heterocycles. The minimum absolute atomic E-state index is 0.211. The molecule has 0 radical (unpaired) electrons. The molecule has 3 nitrogen and oxygen atoms in total. The van der Waals surface area contributed by atoms with Crippen molar-refractivity contribution in [2.45, 2.75) is 45.2 Å². The fourth-order valence-electron chi connectivity index (χ4n) is 3.22. The summed E-state index contributed by atoms with van der Waals surface area (Å²) in [5.74, 6) is 1.58. The maximum Gasteiger partial charge on any atom is 0.119 e. The van der Waals surface area contributed by atoms with E-state index in [4.69, 9.17) is 10.5 Å². The van der Waals surface area contributed by atoms with Crippen LogP contribution >= 0.6 is 0 Å². The summed E-state index contributed by atoms with van der Waals surface area (Å²) in [7, 11) is 1.72. The molecule has 1 aromatic carbocycles. The smallest absolute Gasteiger partial charge is 0.119 e. The van der Waals surface area contributed by atoms with Gasteiger partial charge in [0.2, 0.25) is 0 Å². The summed E-state index contributed by atoms with van der Waals surface area (Å²) in [4.78, 5) is 2.57. The first-order valence-corrected chi connectivity index (χ1v) is 7.75. The van der Waals surface area contributed by atoms with Gasteiger partial charge in [0.05, 0.1) is 13.2 Å². The maximum absolute atomic E-state index is 6.49. The van der Waals surface area contributed by atoms with Crippen LogP contribution in [0.25, 0.3) is 0 Å². The van der Waals surface area contributed by atoms with Gasteiger partial charge in [0.15, 0.2) is 0 Å². The van der Waals surface area contributed by atoms with E-state index in [1.807, 2.05) is 6.07 Å². The van der Waals surface area contributed by atoms with Crippen molar-refractivity contribution in [3.05, 3.63) is 29.8 Å². The van der Waals surface area contributed by atoms with Crippen molar-refractivity contribution in [2.24, 2.45) is 11.7 Å². The molecule has 1 saturated heterocycles. The molecule has 1 aliphatic rings. The summed E-state index contributed by atoms with van der Waals surface area (Å²) in [6.45, 7) is 6.81. The lowest BCUT2D eigenvalue weighted by atomic mass is 9.95. The predicted octanol–water partition coefficient (Wildman–Crippen LogP) is 3.21. The summed E-state index contributed by atoms with van der Waals surface area (Å²) in [5, 5.41) is 0. The van der Waals surface area contributed by atoms with Crippen LogP contribution in [-0.2, 0) is 0 Å². The summed E-state index contributed by atoms with van der Waals surface area (Å²) in [5.41, 5.74) is 7.78. The quantitative estimate of drug-likeness (QED) is 0.917. The zero-order valence-electron chi connectivity index (χ0n) is 13.0. The third-order valence-electron chi connectivity index (χ3n) is 4.07. The van der Waals surface area contributed by atoms with E-state index < -0.39 is 0 Å². The molecular weight excluding hydrogens is 248 g/mol. The molecular formula is C17H28N2O. The van der Waals surface area contributed by atoms with E-state index in [1.54, 1.807) is 7.11 Å². The van der Waals surface area contributed by atoms with E-state index >= 15 is 0 Å². The Bertz CT molecular complexity index is 419. The Kier molecular flexibility index (Phi) is 5.44. The van der Waals surface area contributed by atoms with Crippen LogP contribution in [0.2, 0.25) is 0 Å². The highest BCUT2D eigenvalue weighted by molar-refractivity contribution is 5.31. The van der Waals surface area contributed by atoms with E-state index in [-0.39, 0.29) is 6.04 Å². The van der Waals surface area contributed by atoms with E-state index in [2.05, 4.69) is 36.9 Å². The molecule has 112 valence electrons. The Morgan fingerprint density at radius 2 is 2.15 bits per heavy atom. The Morgan fingerprint density at radius 1 is 1.35 bits per heavy atom. The number of hydrogen-bond donors (Lipinski definition) is 1.